The van der Waals surface area contributed by atoms with Gasteiger partial charge >= 0.3 is 0 Å². The molecule has 1 spiro atoms. The topological polar surface area (TPSA) is 29.3 Å². The Morgan fingerprint density at radius 3 is 2.75 bits per heavy atom. The van der Waals surface area contributed by atoms with Gasteiger partial charge < -0.3 is 10.6 Å². The van der Waals surface area contributed by atoms with Crippen LogP contribution in [-0.2, 0) is 0 Å². The first-order chi connectivity index (χ1) is 5.74. The predicted molar refractivity (Wildman–Crippen MR) is 50.9 cm³/mol. The Morgan fingerprint density at radius 2 is 2.25 bits per heavy atom. The highest BCUT2D eigenvalue weighted by Gasteiger charge is 2.46. The number of likely N-dealkylation sites (tertiary alicyclic amines) is 1. The molecule has 2 N–H and O–H groups in total. The number of hydrogen-bond acceptors (Lipinski definition) is 2. The molecule has 1 unspecified atom stereocenters. The molecule has 1 saturated heterocycles. The van der Waals surface area contributed by atoms with E-state index in [4.69, 9.17) is 5.73 Å². The number of hydrogen-bond donors (Lipinski definition) is 1. The fraction of sp³-hybridized carbons (Fsp3) is 1.00. The van der Waals surface area contributed by atoms with Crippen molar-refractivity contribution in [3.63, 3.8) is 0 Å². The predicted octanol–water partition coefficient (Wildman–Crippen LogP) is 1.07. The molecule has 0 bridgehead atoms. The second kappa shape index (κ2) is 3.00. The Bertz CT molecular complexity index is 161. The zero-order valence-electron chi connectivity index (χ0n) is 8.05. The summed E-state index contributed by atoms with van der Waals surface area (Å²) in [6.45, 7) is 6.98. The molecule has 1 saturated carbocycles. The van der Waals surface area contributed by atoms with Gasteiger partial charge in [0, 0.05) is 26.2 Å². The van der Waals surface area contributed by atoms with E-state index in [0.717, 1.165) is 24.4 Å². The van der Waals surface area contributed by atoms with Crippen LogP contribution in [0.4, 0.5) is 0 Å². The third-order valence-corrected chi connectivity index (χ3v) is 3.51. The van der Waals surface area contributed by atoms with Crippen molar-refractivity contribution in [3.05, 3.63) is 0 Å². The SMILES string of the molecule is CC1CCC2(C1)CN(CCN)C2. The summed E-state index contributed by atoms with van der Waals surface area (Å²) >= 11 is 0. The average molecular weight is 168 g/mol. The van der Waals surface area contributed by atoms with Gasteiger partial charge in [0.1, 0.15) is 0 Å². The summed E-state index contributed by atoms with van der Waals surface area (Å²) in [5.41, 5.74) is 6.24. The molecule has 1 heterocycles. The molecule has 0 radical (unpaired) electrons. The maximum Gasteiger partial charge on any atom is 0.0105 e. The molecule has 2 rings (SSSR count). The lowest BCUT2D eigenvalue weighted by atomic mass is 9.77. The van der Waals surface area contributed by atoms with Gasteiger partial charge in [-0.3, -0.25) is 0 Å². The van der Waals surface area contributed by atoms with Gasteiger partial charge in [0.05, 0.1) is 0 Å². The van der Waals surface area contributed by atoms with Crippen LogP contribution in [-0.4, -0.2) is 31.1 Å². The van der Waals surface area contributed by atoms with Crippen LogP contribution in [0.15, 0.2) is 0 Å². The number of nitrogens with zero attached hydrogens (tertiary/aromatic N) is 1. The molecular formula is C10H20N2. The molecule has 2 nitrogen and oxygen atoms in total. The Balaban J connectivity index is 1.79. The Hall–Kier alpha value is -0.0800. The molecule has 0 aromatic rings. The van der Waals surface area contributed by atoms with Gasteiger partial charge in [-0.05, 0) is 24.2 Å². The molecule has 12 heavy (non-hydrogen) atoms. The number of nitrogens with two attached hydrogens (primary N) is 1. The minimum Gasteiger partial charge on any atom is -0.329 e. The summed E-state index contributed by atoms with van der Waals surface area (Å²) in [5, 5.41) is 0. The molecular weight excluding hydrogens is 148 g/mol. The lowest BCUT2D eigenvalue weighted by Crippen LogP contribution is -2.56. The fourth-order valence-electron chi connectivity index (χ4n) is 3.03. The quantitative estimate of drug-likeness (QED) is 0.668. The molecule has 0 aromatic heterocycles. The van der Waals surface area contributed by atoms with Crippen molar-refractivity contribution in [3.8, 4) is 0 Å². The molecule has 2 fully saturated rings. The third kappa shape index (κ3) is 1.38. The first-order valence-electron chi connectivity index (χ1n) is 5.16. The molecule has 0 aromatic carbocycles. The highest BCUT2D eigenvalue weighted by Crippen LogP contribution is 2.47. The number of rotatable bonds is 2. The van der Waals surface area contributed by atoms with Gasteiger partial charge in [-0.2, -0.15) is 0 Å². The molecule has 1 atom stereocenters. The highest BCUT2D eigenvalue weighted by atomic mass is 15.2. The molecule has 1 aliphatic carbocycles. The van der Waals surface area contributed by atoms with Crippen LogP contribution in [0.25, 0.3) is 0 Å². The first-order valence-corrected chi connectivity index (χ1v) is 5.16. The Morgan fingerprint density at radius 1 is 1.50 bits per heavy atom. The Kier molecular flexibility index (Phi) is 2.13. The van der Waals surface area contributed by atoms with Crippen LogP contribution >= 0.6 is 0 Å². The molecule has 1 aliphatic heterocycles. The van der Waals surface area contributed by atoms with Gasteiger partial charge in [-0.1, -0.05) is 13.3 Å². The molecule has 0 amide bonds. The lowest BCUT2D eigenvalue weighted by Gasteiger charge is -2.48. The van der Waals surface area contributed by atoms with E-state index < -0.39 is 0 Å². The van der Waals surface area contributed by atoms with Crippen molar-refractivity contribution in [1.82, 2.24) is 4.90 Å². The standard InChI is InChI=1S/C10H20N2/c1-9-2-3-10(6-9)7-12(8-10)5-4-11/h9H,2-8,11H2,1H3. The Labute approximate surface area is 75.1 Å². The van der Waals surface area contributed by atoms with Gasteiger partial charge in [-0.15, -0.1) is 0 Å². The van der Waals surface area contributed by atoms with Crippen molar-refractivity contribution in [1.29, 1.82) is 0 Å². The van der Waals surface area contributed by atoms with Crippen LogP contribution in [0, 0.1) is 11.3 Å². The van der Waals surface area contributed by atoms with Crippen LogP contribution in [0.2, 0.25) is 0 Å². The zero-order valence-corrected chi connectivity index (χ0v) is 8.05. The van der Waals surface area contributed by atoms with Gasteiger partial charge in [0.2, 0.25) is 0 Å². The third-order valence-electron chi connectivity index (χ3n) is 3.51. The smallest absolute Gasteiger partial charge is 0.0105 e. The summed E-state index contributed by atoms with van der Waals surface area (Å²) in [5.74, 6) is 0.977. The summed E-state index contributed by atoms with van der Waals surface area (Å²) < 4.78 is 0. The van der Waals surface area contributed by atoms with E-state index >= 15 is 0 Å². The van der Waals surface area contributed by atoms with Crippen molar-refractivity contribution in [2.75, 3.05) is 26.2 Å². The first kappa shape index (κ1) is 8.52. The average Bonchev–Trinajstić information content (AvgIpc) is 2.31. The zero-order chi connectivity index (χ0) is 8.60. The maximum absolute atomic E-state index is 5.51. The second-order valence-corrected chi connectivity index (χ2v) is 4.85. The van der Waals surface area contributed by atoms with E-state index in [1.54, 1.807) is 0 Å². The van der Waals surface area contributed by atoms with E-state index in [1.165, 1.54) is 32.4 Å². The van der Waals surface area contributed by atoms with Crippen molar-refractivity contribution in [2.45, 2.75) is 26.2 Å². The summed E-state index contributed by atoms with van der Waals surface area (Å²) in [6, 6.07) is 0. The van der Waals surface area contributed by atoms with E-state index in [-0.39, 0.29) is 0 Å². The van der Waals surface area contributed by atoms with Crippen LogP contribution in [0.3, 0.4) is 0 Å². The summed E-state index contributed by atoms with van der Waals surface area (Å²) in [4.78, 5) is 2.50. The summed E-state index contributed by atoms with van der Waals surface area (Å²) in [7, 11) is 0. The second-order valence-electron chi connectivity index (χ2n) is 4.85. The monoisotopic (exact) mass is 168 g/mol. The van der Waals surface area contributed by atoms with Crippen molar-refractivity contribution < 1.29 is 0 Å². The van der Waals surface area contributed by atoms with Crippen molar-refractivity contribution >= 4 is 0 Å². The normalized spacial score (nSPS) is 34.0. The lowest BCUT2D eigenvalue weighted by molar-refractivity contribution is 0.00624. The van der Waals surface area contributed by atoms with Crippen LogP contribution in [0.5, 0.6) is 0 Å². The molecule has 2 aliphatic rings. The largest absolute Gasteiger partial charge is 0.329 e. The summed E-state index contributed by atoms with van der Waals surface area (Å²) in [6.07, 6.45) is 4.39. The van der Waals surface area contributed by atoms with E-state index in [0.29, 0.717) is 0 Å². The van der Waals surface area contributed by atoms with E-state index in [1.807, 2.05) is 0 Å². The maximum atomic E-state index is 5.51. The van der Waals surface area contributed by atoms with Crippen molar-refractivity contribution in [2.24, 2.45) is 17.1 Å². The fourth-order valence-corrected chi connectivity index (χ4v) is 3.03. The van der Waals surface area contributed by atoms with E-state index in [2.05, 4.69) is 11.8 Å². The van der Waals surface area contributed by atoms with Gasteiger partial charge in [0.15, 0.2) is 0 Å². The molecule has 70 valence electrons. The van der Waals surface area contributed by atoms with Gasteiger partial charge in [0.25, 0.3) is 0 Å². The van der Waals surface area contributed by atoms with Gasteiger partial charge in [-0.25, -0.2) is 0 Å². The molecule has 2 heteroatoms. The van der Waals surface area contributed by atoms with Crippen LogP contribution < -0.4 is 5.73 Å². The highest BCUT2D eigenvalue weighted by molar-refractivity contribution is 4.99. The minimum atomic E-state index is 0.731. The van der Waals surface area contributed by atoms with Crippen LogP contribution in [0.1, 0.15) is 26.2 Å². The minimum absolute atomic E-state index is 0.731. The van der Waals surface area contributed by atoms with E-state index in [9.17, 15) is 0 Å².